The van der Waals surface area contributed by atoms with Gasteiger partial charge in [0, 0.05) is 53.9 Å². The minimum atomic E-state index is -0.508. The molecule has 5 saturated heterocycles. The maximum Gasteiger partial charge on any atom is 0.119 e. The van der Waals surface area contributed by atoms with Crippen LogP contribution < -0.4 is 9.47 Å². The maximum absolute atomic E-state index is 12.0. The van der Waals surface area contributed by atoms with Gasteiger partial charge in [-0.25, -0.2) is 0 Å². The van der Waals surface area contributed by atoms with Gasteiger partial charge in [-0.05, 0) is 226 Å². The van der Waals surface area contributed by atoms with Crippen LogP contribution in [-0.4, -0.2) is 81.5 Å². The maximum atomic E-state index is 12.0. The second kappa shape index (κ2) is 20.4. The molecule has 2 aromatic heterocycles. The smallest absolute Gasteiger partial charge is 0.119 e. The normalized spacial score (nSPS) is 41.1. The number of hydrogen-bond acceptors (Lipinski definition) is 8. The van der Waals surface area contributed by atoms with Crippen LogP contribution >= 0.6 is 0 Å². The molecule has 7 saturated carbocycles. The number of benzene rings is 2. The Morgan fingerprint density at radius 3 is 1.86 bits per heavy atom. The Balaban J connectivity index is 0.605. The third kappa shape index (κ3) is 8.44. The summed E-state index contributed by atoms with van der Waals surface area (Å²) in [6, 6.07) is 16.6. The second-order valence-electron chi connectivity index (χ2n) is 28.2. The Hall–Kier alpha value is -3.30. The Kier molecular flexibility index (Phi) is 13.6. The van der Waals surface area contributed by atoms with E-state index in [0.717, 1.165) is 146 Å². The van der Waals surface area contributed by atoms with Crippen molar-refractivity contribution in [1.29, 1.82) is 0 Å². The van der Waals surface area contributed by atoms with Gasteiger partial charge in [-0.3, -0.25) is 19.8 Å². The number of pyridine rings is 2. The van der Waals surface area contributed by atoms with Crippen molar-refractivity contribution in [3.8, 4) is 11.5 Å². The van der Waals surface area contributed by atoms with Crippen molar-refractivity contribution in [2.45, 2.75) is 204 Å². The van der Waals surface area contributed by atoms with E-state index in [-0.39, 0.29) is 12.1 Å². The highest BCUT2D eigenvalue weighted by molar-refractivity contribution is 5.85. The summed E-state index contributed by atoms with van der Waals surface area (Å²) in [5, 5.41) is 26.0. The van der Waals surface area contributed by atoms with Gasteiger partial charge in [-0.2, -0.15) is 0 Å². The van der Waals surface area contributed by atoms with Crippen LogP contribution in [-0.2, 0) is 0 Å². The van der Waals surface area contributed by atoms with E-state index in [9.17, 15) is 10.2 Å². The highest BCUT2D eigenvalue weighted by Crippen LogP contribution is 2.88. The zero-order valence-electron chi connectivity index (χ0n) is 46.9. The Bertz CT molecular complexity index is 2700. The lowest BCUT2D eigenvalue weighted by Gasteiger charge is -2.74. The summed E-state index contributed by atoms with van der Waals surface area (Å²) >= 11 is 0. The SMILES string of the molecule is CCC12CCC(CC3CCCC(CCCC4CN5CCC4CC5C(O)c4ccnc5ccc(OC)cc45)CCCC(CCCC4CN5C(C(O)c6ccnc7ccc(OC)cc67)CC56CC46)CCC3)C1C13CCC(C1)C23. The van der Waals surface area contributed by atoms with E-state index in [4.69, 9.17) is 9.47 Å². The summed E-state index contributed by atoms with van der Waals surface area (Å²) in [4.78, 5) is 14.7. The summed E-state index contributed by atoms with van der Waals surface area (Å²) in [6.07, 6.45) is 40.1. The zero-order chi connectivity index (χ0) is 51.3. The van der Waals surface area contributed by atoms with Gasteiger partial charge in [0.25, 0.3) is 0 Å². The number of nitrogens with zero attached hydrogens (tertiary/aromatic N) is 4. The number of aromatic nitrogens is 2. The lowest BCUT2D eigenvalue weighted by molar-refractivity contribution is -0.264. The predicted molar refractivity (Wildman–Crippen MR) is 304 cm³/mol. The molecule has 0 amide bonds. The molecule has 12 fully saturated rings. The molecular formula is C68H94N4O4. The topological polar surface area (TPSA) is 91.2 Å². The van der Waals surface area contributed by atoms with Gasteiger partial charge in [0.1, 0.15) is 11.5 Å². The molecule has 2 aromatic carbocycles. The van der Waals surface area contributed by atoms with E-state index < -0.39 is 12.2 Å². The highest BCUT2D eigenvalue weighted by Gasteiger charge is 2.81. The van der Waals surface area contributed by atoms with Gasteiger partial charge in [-0.1, -0.05) is 90.4 Å². The first-order valence-electron chi connectivity index (χ1n) is 31.9. The minimum Gasteiger partial charge on any atom is -0.497 e. The third-order valence-electron chi connectivity index (χ3n) is 25.3. The van der Waals surface area contributed by atoms with Crippen molar-refractivity contribution >= 4 is 21.8 Å². The van der Waals surface area contributed by atoms with Crippen LogP contribution in [0, 0.1) is 75.9 Å². The van der Waals surface area contributed by atoms with Gasteiger partial charge in [-0.15, -0.1) is 0 Å². The molecule has 76 heavy (non-hydrogen) atoms. The van der Waals surface area contributed by atoms with E-state index in [2.05, 4.69) is 38.8 Å². The Labute approximate surface area is 456 Å². The van der Waals surface area contributed by atoms with Crippen LogP contribution in [0.25, 0.3) is 21.8 Å². The average molecular weight is 1030 g/mol. The summed E-state index contributed by atoms with van der Waals surface area (Å²) in [7, 11) is 3.44. The molecule has 4 bridgehead atoms. The van der Waals surface area contributed by atoms with Crippen molar-refractivity contribution in [1.82, 2.24) is 19.8 Å². The highest BCUT2D eigenvalue weighted by atomic mass is 16.5. The molecule has 19 unspecified atom stereocenters. The molecule has 7 aliphatic carbocycles. The van der Waals surface area contributed by atoms with Crippen molar-refractivity contribution < 1.29 is 19.7 Å². The largest absolute Gasteiger partial charge is 0.497 e. The van der Waals surface area contributed by atoms with Crippen molar-refractivity contribution in [3.63, 3.8) is 0 Å². The number of ether oxygens (including phenoxy) is 2. The molecule has 7 heterocycles. The number of fused-ring (bicyclic) bond motifs is 7. The summed E-state index contributed by atoms with van der Waals surface area (Å²) in [5.41, 5.74) is 5.79. The van der Waals surface area contributed by atoms with E-state index >= 15 is 0 Å². The number of piperidine rings is 4. The van der Waals surface area contributed by atoms with E-state index in [0.29, 0.717) is 5.54 Å². The van der Waals surface area contributed by atoms with Crippen molar-refractivity contribution in [3.05, 3.63) is 72.1 Å². The minimum absolute atomic E-state index is 0.184. The van der Waals surface area contributed by atoms with Gasteiger partial charge in [0.15, 0.2) is 0 Å². The lowest BCUT2D eigenvalue weighted by atomic mass is 9.30. The van der Waals surface area contributed by atoms with Gasteiger partial charge < -0.3 is 19.7 Å². The first-order chi connectivity index (χ1) is 37.2. The van der Waals surface area contributed by atoms with E-state index in [1.807, 2.05) is 48.8 Å². The molecule has 4 aromatic rings. The molecule has 12 aliphatic rings. The fraction of sp³-hybridized carbons (Fsp3) is 0.735. The van der Waals surface area contributed by atoms with Crippen LogP contribution in [0.15, 0.2) is 60.9 Å². The predicted octanol–water partition coefficient (Wildman–Crippen LogP) is 14.7. The van der Waals surface area contributed by atoms with Crippen molar-refractivity contribution in [2.24, 2.45) is 75.9 Å². The van der Waals surface area contributed by atoms with Crippen LogP contribution in [0.2, 0.25) is 0 Å². The van der Waals surface area contributed by atoms with Crippen molar-refractivity contribution in [2.75, 3.05) is 33.9 Å². The molecule has 2 N–H and O–H groups in total. The lowest BCUT2D eigenvalue weighted by Crippen LogP contribution is -2.69. The fourth-order valence-electron chi connectivity index (χ4n) is 21.9. The Morgan fingerprint density at radius 1 is 0.618 bits per heavy atom. The van der Waals surface area contributed by atoms with Crippen LogP contribution in [0.5, 0.6) is 11.5 Å². The number of aliphatic hydroxyl groups excluding tert-OH is 2. The molecule has 8 nitrogen and oxygen atoms in total. The van der Waals surface area contributed by atoms with Gasteiger partial charge in [0.05, 0.1) is 37.5 Å². The summed E-state index contributed by atoms with van der Waals surface area (Å²) in [6.45, 7) is 6.03. The molecule has 8 heteroatoms. The molecule has 16 rings (SSSR count). The monoisotopic (exact) mass is 1030 g/mol. The molecule has 5 aliphatic heterocycles. The molecule has 19 atom stereocenters. The second-order valence-corrected chi connectivity index (χ2v) is 28.2. The van der Waals surface area contributed by atoms with E-state index in [1.54, 1.807) is 52.7 Å². The first kappa shape index (κ1) is 50.9. The number of methoxy groups -OCH3 is 2. The third-order valence-corrected chi connectivity index (χ3v) is 25.3. The zero-order valence-corrected chi connectivity index (χ0v) is 46.9. The molecule has 410 valence electrons. The molecule has 2 spiro atoms. The Morgan fingerprint density at radius 2 is 1.25 bits per heavy atom. The average Bonchev–Trinajstić information content (AvgIpc) is 3.82. The van der Waals surface area contributed by atoms with Crippen LogP contribution in [0.4, 0.5) is 0 Å². The van der Waals surface area contributed by atoms with Crippen LogP contribution in [0.3, 0.4) is 0 Å². The van der Waals surface area contributed by atoms with E-state index in [1.165, 1.54) is 122 Å². The number of hydrogen-bond donors (Lipinski definition) is 2. The summed E-state index contributed by atoms with van der Waals surface area (Å²) < 4.78 is 11.2. The number of rotatable bonds is 17. The van der Waals surface area contributed by atoms with Gasteiger partial charge in [0.2, 0.25) is 0 Å². The first-order valence-corrected chi connectivity index (χ1v) is 31.9. The molecule has 0 radical (unpaired) electrons. The quantitative estimate of drug-likeness (QED) is 0.108. The number of aliphatic hydroxyl groups is 2. The molecular weight excluding hydrogens is 937 g/mol. The summed E-state index contributed by atoms with van der Waals surface area (Å²) in [5.74, 6) is 11.8. The van der Waals surface area contributed by atoms with Crippen LogP contribution in [0.1, 0.15) is 197 Å². The van der Waals surface area contributed by atoms with Gasteiger partial charge >= 0.3 is 0 Å². The fourth-order valence-corrected chi connectivity index (χ4v) is 21.9. The standard InChI is InChI=1S/C68H94N4O4/c1-4-66-29-24-47(64(66)67-30-25-48(38-67)65(66)67)34-45-16-6-12-43(14-8-18-49-41-71-33-28-46(49)35-60(71)62(73)53-26-31-69-58-22-20-51(75-2)36-55(53)58)10-5-11-44(13-7-17-45)15-9-19-50-42-72-61(40-68(72)39-57(50)68)63(74)54-27-32-70-59-23-21-52(76-3)37-56(54)59/h20-23,26-27,31-32,36-37,43-50,57,60-65,73-74H,4-19,24-25,28-30,33-35,38-42H2,1-3H3.